The number of aryl methyl sites for hydroxylation is 1. The van der Waals surface area contributed by atoms with Crippen LogP contribution in [0.3, 0.4) is 0 Å². The van der Waals surface area contributed by atoms with E-state index in [1.54, 1.807) is 13.0 Å². The Hall–Kier alpha value is -0.630. The monoisotopic (exact) mass is 374 g/mol. The second kappa shape index (κ2) is 5.53. The Kier molecular flexibility index (Phi) is 4.02. The molecule has 5 nitrogen and oxygen atoms in total. The summed E-state index contributed by atoms with van der Waals surface area (Å²) in [6.07, 6.45) is 3.01. The van der Waals surface area contributed by atoms with Gasteiger partial charge in [0, 0.05) is 16.8 Å². The highest BCUT2D eigenvalue weighted by Gasteiger charge is 2.42. The average Bonchev–Trinajstić information content (AvgIpc) is 3.14. The fraction of sp³-hybridized carbons (Fsp3) is 0.571. The van der Waals surface area contributed by atoms with Gasteiger partial charge in [0.1, 0.15) is 0 Å². The first-order chi connectivity index (χ1) is 9.88. The van der Waals surface area contributed by atoms with E-state index in [0.717, 1.165) is 19.3 Å². The maximum Gasteiger partial charge on any atom is 0.241 e. The molecular formula is C14H19BrN2O3S. The van der Waals surface area contributed by atoms with Crippen LogP contribution >= 0.6 is 15.9 Å². The van der Waals surface area contributed by atoms with E-state index in [1.807, 2.05) is 0 Å². The lowest BCUT2D eigenvalue weighted by Crippen LogP contribution is -2.41. The molecule has 1 aromatic rings. The van der Waals surface area contributed by atoms with Crippen molar-refractivity contribution in [1.29, 1.82) is 0 Å². The average molecular weight is 375 g/mol. The fourth-order valence-electron chi connectivity index (χ4n) is 2.85. The van der Waals surface area contributed by atoms with Crippen LogP contribution in [0.1, 0.15) is 24.8 Å². The molecule has 1 saturated heterocycles. The zero-order valence-electron chi connectivity index (χ0n) is 11.8. The van der Waals surface area contributed by atoms with E-state index in [1.165, 1.54) is 6.07 Å². The zero-order chi connectivity index (χ0) is 15.2. The Morgan fingerprint density at radius 1 is 1.33 bits per heavy atom. The second-order valence-corrected chi connectivity index (χ2v) is 8.37. The molecule has 2 fully saturated rings. The number of benzene rings is 1. The first-order valence-corrected chi connectivity index (χ1v) is 9.35. The molecule has 2 atom stereocenters. The van der Waals surface area contributed by atoms with E-state index in [4.69, 9.17) is 10.5 Å². The SMILES string of the molecule is Cc1cc(Br)c(N)cc1S(=O)(=O)NC1CCOC1C1CC1. The summed E-state index contributed by atoms with van der Waals surface area (Å²) in [5.74, 6) is 0.510. The van der Waals surface area contributed by atoms with Crippen molar-refractivity contribution in [3.05, 3.63) is 22.2 Å². The van der Waals surface area contributed by atoms with E-state index in [2.05, 4.69) is 20.7 Å². The molecule has 2 aliphatic rings. The molecular weight excluding hydrogens is 356 g/mol. The summed E-state index contributed by atoms with van der Waals surface area (Å²) in [6, 6.07) is 3.10. The minimum atomic E-state index is -3.58. The number of nitrogens with one attached hydrogen (secondary N) is 1. The Bertz CT molecular complexity index is 658. The number of nitrogen functional groups attached to an aromatic ring is 1. The third-order valence-corrected chi connectivity index (χ3v) is 6.43. The van der Waals surface area contributed by atoms with Gasteiger partial charge in [-0.1, -0.05) is 0 Å². The van der Waals surface area contributed by atoms with Crippen molar-refractivity contribution in [1.82, 2.24) is 4.72 Å². The highest BCUT2D eigenvalue weighted by atomic mass is 79.9. The van der Waals surface area contributed by atoms with Crippen molar-refractivity contribution in [2.75, 3.05) is 12.3 Å². The maximum atomic E-state index is 12.6. The summed E-state index contributed by atoms with van der Waals surface area (Å²) in [7, 11) is -3.58. The molecule has 0 radical (unpaired) electrons. The predicted octanol–water partition coefficient (Wildman–Crippen LogP) is 2.19. The van der Waals surface area contributed by atoms with Gasteiger partial charge in [-0.25, -0.2) is 13.1 Å². The summed E-state index contributed by atoms with van der Waals surface area (Å²) in [5.41, 5.74) is 6.91. The zero-order valence-corrected chi connectivity index (χ0v) is 14.2. The highest BCUT2D eigenvalue weighted by molar-refractivity contribution is 9.10. The van der Waals surface area contributed by atoms with Gasteiger partial charge in [0.15, 0.2) is 0 Å². The van der Waals surface area contributed by atoms with E-state index < -0.39 is 10.0 Å². The molecule has 1 heterocycles. The molecule has 116 valence electrons. The number of rotatable bonds is 4. The Morgan fingerprint density at radius 3 is 2.71 bits per heavy atom. The molecule has 0 spiro atoms. The number of halogens is 1. The van der Waals surface area contributed by atoms with Crippen LogP contribution in [0.15, 0.2) is 21.5 Å². The van der Waals surface area contributed by atoms with Crippen LogP contribution in [0.2, 0.25) is 0 Å². The number of hydrogen-bond acceptors (Lipinski definition) is 4. The molecule has 3 N–H and O–H groups in total. The molecule has 1 aliphatic carbocycles. The Balaban J connectivity index is 1.85. The molecule has 21 heavy (non-hydrogen) atoms. The highest BCUT2D eigenvalue weighted by Crippen LogP contribution is 2.39. The van der Waals surface area contributed by atoms with Gasteiger partial charge in [-0.15, -0.1) is 0 Å². The summed E-state index contributed by atoms with van der Waals surface area (Å²) >= 11 is 3.31. The van der Waals surface area contributed by atoms with E-state index in [0.29, 0.717) is 28.2 Å². The summed E-state index contributed by atoms with van der Waals surface area (Å²) < 4.78 is 34.4. The smallest absolute Gasteiger partial charge is 0.241 e. The van der Waals surface area contributed by atoms with Gasteiger partial charge in [-0.3, -0.25) is 0 Å². The van der Waals surface area contributed by atoms with Crippen LogP contribution in [-0.2, 0) is 14.8 Å². The lowest BCUT2D eigenvalue weighted by molar-refractivity contribution is 0.0848. The van der Waals surface area contributed by atoms with Crippen molar-refractivity contribution < 1.29 is 13.2 Å². The van der Waals surface area contributed by atoms with E-state index >= 15 is 0 Å². The largest absolute Gasteiger partial charge is 0.398 e. The third-order valence-electron chi connectivity index (χ3n) is 4.11. The maximum absolute atomic E-state index is 12.6. The van der Waals surface area contributed by atoms with Crippen molar-refractivity contribution in [2.24, 2.45) is 5.92 Å². The van der Waals surface area contributed by atoms with Crippen LogP contribution in [0, 0.1) is 12.8 Å². The molecule has 7 heteroatoms. The predicted molar refractivity (Wildman–Crippen MR) is 84.5 cm³/mol. The van der Waals surface area contributed by atoms with Crippen molar-refractivity contribution in [2.45, 2.75) is 43.2 Å². The number of nitrogens with two attached hydrogens (primary N) is 1. The van der Waals surface area contributed by atoms with Crippen molar-refractivity contribution in [3.63, 3.8) is 0 Å². The quantitative estimate of drug-likeness (QED) is 0.791. The van der Waals surface area contributed by atoms with Gasteiger partial charge in [0.25, 0.3) is 0 Å². The first kappa shape index (κ1) is 15.3. The number of anilines is 1. The van der Waals surface area contributed by atoms with Crippen LogP contribution in [0.5, 0.6) is 0 Å². The van der Waals surface area contributed by atoms with Gasteiger partial charge in [0.2, 0.25) is 10.0 Å². The molecule has 0 bridgehead atoms. The molecule has 1 saturated carbocycles. The molecule has 0 aromatic heterocycles. The minimum Gasteiger partial charge on any atom is -0.398 e. The fourth-order valence-corrected chi connectivity index (χ4v) is 4.85. The first-order valence-electron chi connectivity index (χ1n) is 7.08. The van der Waals surface area contributed by atoms with Crippen LogP contribution in [0.4, 0.5) is 5.69 Å². The van der Waals surface area contributed by atoms with Crippen LogP contribution in [-0.4, -0.2) is 27.2 Å². The van der Waals surface area contributed by atoms with Gasteiger partial charge in [-0.2, -0.15) is 0 Å². The van der Waals surface area contributed by atoms with Gasteiger partial charge >= 0.3 is 0 Å². The normalized spacial score (nSPS) is 26.2. The molecule has 3 rings (SSSR count). The number of sulfonamides is 1. The van der Waals surface area contributed by atoms with Crippen LogP contribution in [0.25, 0.3) is 0 Å². The van der Waals surface area contributed by atoms with Gasteiger partial charge in [0.05, 0.1) is 17.0 Å². The Morgan fingerprint density at radius 2 is 2.05 bits per heavy atom. The van der Waals surface area contributed by atoms with Crippen LogP contribution < -0.4 is 10.5 Å². The van der Waals surface area contributed by atoms with Crippen molar-refractivity contribution >= 4 is 31.6 Å². The summed E-state index contributed by atoms with van der Waals surface area (Å²) in [4.78, 5) is 0.240. The molecule has 0 amide bonds. The lowest BCUT2D eigenvalue weighted by atomic mass is 10.1. The number of hydrogen-bond donors (Lipinski definition) is 2. The third kappa shape index (κ3) is 3.11. The standard InChI is InChI=1S/C14H19BrN2O3S/c1-8-6-10(15)11(16)7-13(8)21(18,19)17-12-4-5-20-14(12)9-2-3-9/h6-7,9,12,14,17H,2-5,16H2,1H3. The number of ether oxygens (including phenoxy) is 1. The molecule has 1 aliphatic heterocycles. The second-order valence-electron chi connectivity index (χ2n) is 5.83. The van der Waals surface area contributed by atoms with Gasteiger partial charge in [-0.05, 0) is 65.7 Å². The molecule has 1 aromatic carbocycles. The van der Waals surface area contributed by atoms with E-state index in [9.17, 15) is 8.42 Å². The van der Waals surface area contributed by atoms with E-state index in [-0.39, 0.29) is 17.0 Å². The summed E-state index contributed by atoms with van der Waals surface area (Å²) in [6.45, 7) is 2.39. The van der Waals surface area contributed by atoms with Gasteiger partial charge < -0.3 is 10.5 Å². The lowest BCUT2D eigenvalue weighted by Gasteiger charge is -2.20. The summed E-state index contributed by atoms with van der Waals surface area (Å²) in [5, 5.41) is 0. The molecule has 2 unspecified atom stereocenters. The Labute approximate surface area is 133 Å². The topological polar surface area (TPSA) is 81.4 Å². The minimum absolute atomic E-state index is 0.0212. The van der Waals surface area contributed by atoms with Crippen molar-refractivity contribution in [3.8, 4) is 0 Å².